The smallest absolute Gasteiger partial charge is 0.179 e. The summed E-state index contributed by atoms with van der Waals surface area (Å²) in [5.41, 5.74) is 20.7. The molecule has 8 heteroatoms. The Labute approximate surface area is 846 Å². The zero-order chi connectivity index (χ0) is 96.5. The van der Waals surface area contributed by atoms with E-state index in [1.807, 2.05) is 0 Å². The molecule has 3 aromatic heterocycles. The van der Waals surface area contributed by atoms with E-state index in [0.29, 0.717) is 0 Å². The van der Waals surface area contributed by atoms with Crippen molar-refractivity contribution >= 4 is 198 Å². The molecular formula is C136H104N4Si4. The first-order valence-corrected chi connectivity index (χ1v) is 58.1. The van der Waals surface area contributed by atoms with Gasteiger partial charge in [-0.2, -0.15) is 0 Å². The highest BCUT2D eigenvalue weighted by Crippen LogP contribution is 2.42. The highest BCUT2D eigenvalue weighted by molar-refractivity contribution is 7.22. The van der Waals surface area contributed by atoms with E-state index in [2.05, 4.69) is 604 Å². The highest BCUT2D eigenvalue weighted by Gasteiger charge is 2.47. The van der Waals surface area contributed by atoms with Crippen LogP contribution in [0.5, 0.6) is 0 Å². The van der Waals surface area contributed by atoms with Crippen LogP contribution in [-0.2, 0) is 0 Å². The molecule has 0 bridgehead atoms. The quantitative estimate of drug-likeness (QED) is 0.0461. The van der Waals surface area contributed by atoms with Crippen molar-refractivity contribution in [2.45, 2.75) is 27.7 Å². The third kappa shape index (κ3) is 14.7. The Kier molecular flexibility index (Phi) is 22.6. The van der Waals surface area contributed by atoms with Gasteiger partial charge < -0.3 is 18.6 Å². The number of nitrogens with zero attached hydrogens (tertiary/aromatic N) is 4. The van der Waals surface area contributed by atoms with Gasteiger partial charge in [-0.3, -0.25) is 0 Å². The van der Waals surface area contributed by atoms with Crippen molar-refractivity contribution in [3.05, 3.63) is 580 Å². The molecule has 684 valence electrons. The summed E-state index contributed by atoms with van der Waals surface area (Å²) in [6.45, 7) is 8.74. The van der Waals surface area contributed by atoms with E-state index in [4.69, 9.17) is 0 Å². The average molecular weight is 1910 g/mol. The first-order valence-electron chi connectivity index (χ1n) is 50.1. The molecule has 22 aromatic carbocycles. The van der Waals surface area contributed by atoms with Crippen molar-refractivity contribution in [3.8, 4) is 28.2 Å². The van der Waals surface area contributed by atoms with Gasteiger partial charge in [0.2, 0.25) is 0 Å². The van der Waals surface area contributed by atoms with Crippen LogP contribution >= 0.6 is 0 Å². The molecule has 0 amide bonds. The third-order valence-electron chi connectivity index (χ3n) is 30.6. The van der Waals surface area contributed by atoms with Crippen molar-refractivity contribution < 1.29 is 0 Å². The minimum Gasteiger partial charge on any atom is -0.310 e. The molecule has 0 aliphatic heterocycles. The number of anilines is 3. The molecular weight excluding hydrogens is 1800 g/mol. The Bertz CT molecular complexity index is 8700. The van der Waals surface area contributed by atoms with Crippen LogP contribution in [0.15, 0.2) is 558 Å². The van der Waals surface area contributed by atoms with Crippen LogP contribution in [-0.4, -0.2) is 46.0 Å². The average Bonchev–Trinajstić information content (AvgIpc) is 1.59. The summed E-state index contributed by atoms with van der Waals surface area (Å²) in [4.78, 5) is 2.40. The van der Waals surface area contributed by atoms with E-state index in [1.54, 1.807) is 0 Å². The molecule has 0 radical (unpaired) electrons. The van der Waals surface area contributed by atoms with Gasteiger partial charge in [-0.15, -0.1) is 0 Å². The Hall–Kier alpha value is -17.1. The fraction of sp³-hybridized carbons (Fsp3) is 0.0294. The molecule has 25 rings (SSSR count). The number of aryl methyl sites for hydroxylation is 4. The second kappa shape index (κ2) is 36.8. The highest BCUT2D eigenvalue weighted by atomic mass is 28.3. The molecule has 0 N–H and O–H groups in total. The van der Waals surface area contributed by atoms with Gasteiger partial charge in [0.1, 0.15) is 0 Å². The van der Waals surface area contributed by atoms with E-state index >= 15 is 0 Å². The van der Waals surface area contributed by atoms with Crippen LogP contribution in [0, 0.1) is 27.7 Å². The molecule has 0 saturated heterocycles. The lowest BCUT2D eigenvalue weighted by Gasteiger charge is -2.35. The van der Waals surface area contributed by atoms with E-state index in [9.17, 15) is 0 Å². The summed E-state index contributed by atoms with van der Waals surface area (Å²) in [7, 11) is -13.1. The number of benzene rings is 22. The molecule has 0 fully saturated rings. The second-order valence-electron chi connectivity index (χ2n) is 38.8. The lowest BCUT2D eigenvalue weighted by atomic mass is 10.1. The van der Waals surface area contributed by atoms with E-state index in [-0.39, 0.29) is 0 Å². The Morgan fingerprint density at radius 1 is 0.139 bits per heavy atom. The molecule has 25 aromatic rings. The van der Waals surface area contributed by atoms with Crippen molar-refractivity contribution in [2.75, 3.05) is 4.90 Å². The Balaban J connectivity index is 0.709. The normalized spacial score (nSPS) is 12.0. The van der Waals surface area contributed by atoms with Gasteiger partial charge in [0.25, 0.3) is 0 Å². The zero-order valence-corrected chi connectivity index (χ0v) is 84.9. The predicted octanol–water partition coefficient (Wildman–Crippen LogP) is 22.9. The Morgan fingerprint density at radius 3 is 0.604 bits per heavy atom. The summed E-state index contributed by atoms with van der Waals surface area (Å²) in [5, 5.41) is 28.3. The van der Waals surface area contributed by atoms with Crippen LogP contribution in [0.1, 0.15) is 22.3 Å². The van der Waals surface area contributed by atoms with Crippen LogP contribution in [0.3, 0.4) is 0 Å². The molecule has 0 saturated carbocycles. The van der Waals surface area contributed by atoms with Gasteiger partial charge in [-0.05, 0) is 231 Å². The molecule has 0 aliphatic rings. The monoisotopic (exact) mass is 1900 g/mol. The lowest BCUT2D eigenvalue weighted by Crippen LogP contribution is -2.75. The van der Waals surface area contributed by atoms with Gasteiger partial charge in [-0.25, -0.2) is 0 Å². The fourth-order valence-electron chi connectivity index (χ4n) is 24.2. The summed E-state index contributed by atoms with van der Waals surface area (Å²) >= 11 is 0. The summed E-state index contributed by atoms with van der Waals surface area (Å²) in [6.07, 6.45) is 0. The van der Waals surface area contributed by atoms with Crippen LogP contribution < -0.4 is 87.9 Å². The van der Waals surface area contributed by atoms with Crippen LogP contribution in [0.2, 0.25) is 0 Å². The van der Waals surface area contributed by atoms with Gasteiger partial charge >= 0.3 is 0 Å². The van der Waals surface area contributed by atoms with E-state index in [0.717, 1.165) is 67.3 Å². The standard InChI is InChI=1S/C136H104N4Si4/c1-97-67-73-103(74-68-97)137(104-75-69-98(2)70-76-104)105-41-37-42-106(91-105)139-133-83-77-121(141(109-45-15-5-16-46-109,110-47-17-6-18-48-110)111-49-19-7-20-50-111)93-127(133)129-95-123(79-85-135(129)139)143(115-57-27-11-28-58-115,116-59-29-12-30-60-116)119-65-35-39-101(89-119)102-40-36-66-120(90-102)144(117-61-31-13-32-62-117,118-63-33-14-34-64-118)124-80-86-136-130(96-124)128-94-122(142(112-51-21-8-22-52-112,113-53-23-9-24-54-113)114-55-25-10-26-56-114)78-84-134(128)140(136)108-44-38-43-107(92-108)138-131-81-71-99(3)87-125(131)126-88-100(4)72-82-132(126)138/h5-96H,1-4H3. The number of rotatable bonds is 23. The number of aromatic nitrogens is 3. The maximum absolute atomic E-state index is 3.45. The molecule has 0 atom stereocenters. The second-order valence-corrected chi connectivity index (χ2v) is 54.1. The van der Waals surface area contributed by atoms with E-state index in [1.165, 1.54) is 149 Å². The molecule has 3 heterocycles. The topological polar surface area (TPSA) is 18.0 Å². The summed E-state index contributed by atoms with van der Waals surface area (Å²) < 4.78 is 7.59. The zero-order valence-electron chi connectivity index (χ0n) is 80.9. The predicted molar refractivity (Wildman–Crippen MR) is 623 cm³/mol. The summed E-state index contributed by atoms with van der Waals surface area (Å²) in [6, 6.07) is 215. The minimum absolute atomic E-state index is 1.07. The van der Waals surface area contributed by atoms with Gasteiger partial charge in [0.15, 0.2) is 32.3 Å². The van der Waals surface area contributed by atoms with Crippen molar-refractivity contribution in [1.29, 1.82) is 0 Å². The number of hydrogen-bond acceptors (Lipinski definition) is 1. The fourth-order valence-corrected chi connectivity index (χ4v) is 43.3. The number of fused-ring (bicyclic) bond motifs is 9. The Morgan fingerprint density at radius 2 is 0.340 bits per heavy atom. The van der Waals surface area contributed by atoms with E-state index < -0.39 is 32.3 Å². The first kappa shape index (κ1) is 88.3. The van der Waals surface area contributed by atoms with Crippen molar-refractivity contribution in [3.63, 3.8) is 0 Å². The third-order valence-corrected chi connectivity index (χ3v) is 49.7. The SMILES string of the molecule is Cc1ccc(N(c2ccc(C)cc2)c2cccc(-n3c4ccc([Si](c5ccccc5)(c5ccccc5)c5ccccc5)cc4c4cc([Si](c5ccccc5)(c5ccccc5)c5cccc(-c6cccc([Si](c7ccccc7)(c7ccccc7)c7ccc8c(c7)c7cc([Si](c9ccccc9)(c9ccccc9)c9ccccc9)ccc7n8-c7cccc(-n8c9ccc(C)cc9c9cc(C)ccc98)c7)c6)c5)ccc43)c2)cc1. The van der Waals surface area contributed by atoms with Gasteiger partial charge in [0, 0.05) is 66.4 Å². The largest absolute Gasteiger partial charge is 0.310 e. The minimum atomic E-state index is -3.45. The van der Waals surface area contributed by atoms with Gasteiger partial charge in [0.05, 0.1) is 33.1 Å². The molecule has 0 aliphatic carbocycles. The van der Waals surface area contributed by atoms with Crippen LogP contribution in [0.25, 0.3) is 93.6 Å². The molecule has 144 heavy (non-hydrogen) atoms. The summed E-state index contributed by atoms with van der Waals surface area (Å²) in [5.74, 6) is 0. The molecule has 0 unspecified atom stereocenters. The van der Waals surface area contributed by atoms with Crippen molar-refractivity contribution in [2.24, 2.45) is 0 Å². The van der Waals surface area contributed by atoms with Crippen LogP contribution in [0.4, 0.5) is 17.1 Å². The lowest BCUT2D eigenvalue weighted by molar-refractivity contribution is 1.13. The molecule has 4 nitrogen and oxygen atoms in total. The maximum Gasteiger partial charge on any atom is 0.179 e. The first-order chi connectivity index (χ1) is 71.0. The maximum atomic E-state index is 2.64. The molecule has 0 spiro atoms. The van der Waals surface area contributed by atoms with Gasteiger partial charge in [-0.1, -0.05) is 471 Å². The van der Waals surface area contributed by atoms with Crippen molar-refractivity contribution in [1.82, 2.24) is 13.7 Å². The number of hydrogen-bond donors (Lipinski definition) is 0.